The highest BCUT2D eigenvalue weighted by molar-refractivity contribution is 7.09. The number of benzene rings is 1. The summed E-state index contributed by atoms with van der Waals surface area (Å²) in [7, 11) is 0. The molecule has 0 radical (unpaired) electrons. The lowest BCUT2D eigenvalue weighted by Crippen LogP contribution is -2.00. The van der Waals surface area contributed by atoms with Crippen LogP contribution in [-0.2, 0) is 6.54 Å². The van der Waals surface area contributed by atoms with Crippen LogP contribution in [0.15, 0.2) is 41.9 Å². The quantitative estimate of drug-likeness (QED) is 0.657. The maximum atomic E-state index is 4.34. The summed E-state index contributed by atoms with van der Waals surface area (Å²) in [6.45, 7) is 3.02. The fraction of sp³-hybridized carbons (Fsp3) is 0.154. The van der Waals surface area contributed by atoms with Crippen LogP contribution in [0.3, 0.4) is 0 Å². The highest BCUT2D eigenvalue weighted by Crippen LogP contribution is 2.20. The molecule has 2 nitrogen and oxygen atoms in total. The Kier molecular flexibility index (Phi) is 2.26. The van der Waals surface area contributed by atoms with Gasteiger partial charge in [0, 0.05) is 22.8 Å². The molecule has 0 aliphatic rings. The second-order valence-corrected chi connectivity index (χ2v) is 4.84. The Hall–Kier alpha value is -1.61. The van der Waals surface area contributed by atoms with E-state index in [4.69, 9.17) is 0 Å². The van der Waals surface area contributed by atoms with Gasteiger partial charge in [0.2, 0.25) is 0 Å². The van der Waals surface area contributed by atoms with Crippen molar-refractivity contribution < 1.29 is 0 Å². The molecule has 0 unspecified atom stereocenters. The molecule has 0 aliphatic carbocycles. The van der Waals surface area contributed by atoms with Crippen LogP contribution in [0, 0.1) is 6.92 Å². The number of fused-ring (bicyclic) bond motifs is 1. The van der Waals surface area contributed by atoms with Crippen LogP contribution in [-0.4, -0.2) is 9.55 Å². The molecule has 80 valence electrons. The highest BCUT2D eigenvalue weighted by atomic mass is 32.1. The number of hydrogen-bond acceptors (Lipinski definition) is 2. The number of thiazole rings is 1. The van der Waals surface area contributed by atoms with Crippen molar-refractivity contribution in [2.75, 3.05) is 0 Å². The van der Waals surface area contributed by atoms with Gasteiger partial charge in [0.1, 0.15) is 5.01 Å². The third kappa shape index (κ3) is 1.53. The van der Waals surface area contributed by atoms with E-state index in [9.17, 15) is 0 Å². The third-order valence-electron chi connectivity index (χ3n) is 2.79. The van der Waals surface area contributed by atoms with E-state index in [1.165, 1.54) is 16.6 Å². The number of nitrogens with zero attached hydrogens (tertiary/aromatic N) is 2. The summed E-state index contributed by atoms with van der Waals surface area (Å²) in [5, 5.41) is 4.48. The van der Waals surface area contributed by atoms with Crippen molar-refractivity contribution in [3.63, 3.8) is 0 Å². The average Bonchev–Trinajstić information content (AvgIpc) is 2.89. The van der Waals surface area contributed by atoms with E-state index in [1.54, 1.807) is 11.3 Å². The largest absolute Gasteiger partial charge is 0.338 e. The molecule has 0 N–H and O–H groups in total. The topological polar surface area (TPSA) is 17.8 Å². The predicted molar refractivity (Wildman–Crippen MR) is 67.9 cm³/mol. The Morgan fingerprint density at radius 1 is 1.31 bits per heavy atom. The molecule has 2 heterocycles. The van der Waals surface area contributed by atoms with Crippen molar-refractivity contribution in [1.29, 1.82) is 0 Å². The van der Waals surface area contributed by atoms with E-state index < -0.39 is 0 Å². The summed E-state index contributed by atoms with van der Waals surface area (Å²) in [6.07, 6.45) is 1.86. The van der Waals surface area contributed by atoms with Gasteiger partial charge < -0.3 is 4.57 Å². The van der Waals surface area contributed by atoms with Crippen molar-refractivity contribution in [2.45, 2.75) is 13.5 Å². The van der Waals surface area contributed by atoms with E-state index in [0.29, 0.717) is 0 Å². The molecule has 0 amide bonds. The number of aromatic nitrogens is 2. The van der Waals surface area contributed by atoms with Gasteiger partial charge in [-0.1, -0.05) is 18.2 Å². The molecule has 0 saturated carbocycles. The maximum Gasteiger partial charge on any atom is 0.112 e. The van der Waals surface area contributed by atoms with Gasteiger partial charge in [-0.2, -0.15) is 0 Å². The normalized spacial score (nSPS) is 11.1. The summed E-state index contributed by atoms with van der Waals surface area (Å²) in [6, 6.07) is 10.7. The van der Waals surface area contributed by atoms with Crippen LogP contribution >= 0.6 is 11.3 Å². The van der Waals surface area contributed by atoms with E-state index >= 15 is 0 Å². The molecular weight excluding hydrogens is 216 g/mol. The summed E-state index contributed by atoms with van der Waals surface area (Å²) < 4.78 is 2.31. The SMILES string of the molecule is Cc1cc2ccccc2n1Cc1nccs1. The van der Waals surface area contributed by atoms with E-state index in [0.717, 1.165) is 11.6 Å². The molecule has 0 fully saturated rings. The summed E-state index contributed by atoms with van der Waals surface area (Å²) >= 11 is 1.71. The first kappa shape index (κ1) is 9.60. The molecule has 0 atom stereocenters. The molecule has 3 rings (SSSR count). The highest BCUT2D eigenvalue weighted by Gasteiger charge is 2.06. The van der Waals surface area contributed by atoms with Crippen LogP contribution in [0.2, 0.25) is 0 Å². The second kappa shape index (κ2) is 3.76. The first-order valence-electron chi connectivity index (χ1n) is 5.28. The molecule has 0 bridgehead atoms. The molecule has 3 heteroatoms. The minimum absolute atomic E-state index is 0.872. The number of hydrogen-bond donors (Lipinski definition) is 0. The van der Waals surface area contributed by atoms with Gasteiger partial charge in [0.15, 0.2) is 0 Å². The molecule has 0 spiro atoms. The predicted octanol–water partition coefficient (Wildman–Crippen LogP) is 3.45. The summed E-state index contributed by atoms with van der Waals surface area (Å²) in [5.41, 5.74) is 2.58. The fourth-order valence-electron chi connectivity index (χ4n) is 2.02. The standard InChI is InChI=1S/C13H12N2S/c1-10-8-11-4-2-3-5-12(11)15(10)9-13-14-6-7-16-13/h2-8H,9H2,1H3. The lowest BCUT2D eigenvalue weighted by molar-refractivity contribution is 0.798. The molecule has 3 aromatic rings. The maximum absolute atomic E-state index is 4.34. The van der Waals surface area contributed by atoms with E-state index in [-0.39, 0.29) is 0 Å². The van der Waals surface area contributed by atoms with Crippen LogP contribution < -0.4 is 0 Å². The van der Waals surface area contributed by atoms with E-state index in [2.05, 4.69) is 46.8 Å². The molecular formula is C13H12N2S. The van der Waals surface area contributed by atoms with Gasteiger partial charge in [0.05, 0.1) is 6.54 Å². The molecule has 1 aromatic carbocycles. The monoisotopic (exact) mass is 228 g/mol. The van der Waals surface area contributed by atoms with Crippen LogP contribution in [0.4, 0.5) is 0 Å². The Bertz CT molecular complexity index is 608. The zero-order valence-electron chi connectivity index (χ0n) is 9.05. The Morgan fingerprint density at radius 3 is 3.00 bits per heavy atom. The minimum Gasteiger partial charge on any atom is -0.338 e. The van der Waals surface area contributed by atoms with Crippen molar-refractivity contribution in [1.82, 2.24) is 9.55 Å². The Morgan fingerprint density at radius 2 is 2.19 bits per heavy atom. The lowest BCUT2D eigenvalue weighted by Gasteiger charge is -2.05. The van der Waals surface area contributed by atoms with Gasteiger partial charge in [-0.15, -0.1) is 11.3 Å². The van der Waals surface area contributed by atoms with Gasteiger partial charge >= 0.3 is 0 Å². The second-order valence-electron chi connectivity index (χ2n) is 3.86. The van der Waals surface area contributed by atoms with Crippen molar-refractivity contribution in [2.24, 2.45) is 0 Å². The van der Waals surface area contributed by atoms with Gasteiger partial charge in [-0.25, -0.2) is 4.98 Å². The third-order valence-corrected chi connectivity index (χ3v) is 3.56. The van der Waals surface area contributed by atoms with Crippen LogP contribution in [0.5, 0.6) is 0 Å². The Labute approximate surface area is 98.2 Å². The number of para-hydroxylation sites is 1. The number of rotatable bonds is 2. The van der Waals surface area contributed by atoms with Crippen molar-refractivity contribution >= 4 is 22.2 Å². The van der Waals surface area contributed by atoms with Gasteiger partial charge in [-0.3, -0.25) is 0 Å². The number of aryl methyl sites for hydroxylation is 1. The van der Waals surface area contributed by atoms with Crippen molar-refractivity contribution in [3.05, 3.63) is 52.6 Å². The summed E-state index contributed by atoms with van der Waals surface area (Å²) in [5.74, 6) is 0. The molecule has 0 saturated heterocycles. The zero-order chi connectivity index (χ0) is 11.0. The van der Waals surface area contributed by atoms with E-state index in [1.807, 2.05) is 11.6 Å². The van der Waals surface area contributed by atoms with Crippen LogP contribution in [0.25, 0.3) is 10.9 Å². The lowest BCUT2D eigenvalue weighted by atomic mass is 10.2. The first-order chi connectivity index (χ1) is 7.84. The van der Waals surface area contributed by atoms with Crippen molar-refractivity contribution in [3.8, 4) is 0 Å². The minimum atomic E-state index is 0.872. The Balaban J connectivity index is 2.12. The van der Waals surface area contributed by atoms with Crippen LogP contribution in [0.1, 0.15) is 10.7 Å². The fourth-order valence-corrected chi connectivity index (χ4v) is 2.63. The zero-order valence-corrected chi connectivity index (χ0v) is 9.87. The summed E-state index contributed by atoms with van der Waals surface area (Å²) in [4.78, 5) is 4.34. The molecule has 2 aromatic heterocycles. The smallest absolute Gasteiger partial charge is 0.112 e. The molecule has 16 heavy (non-hydrogen) atoms. The first-order valence-corrected chi connectivity index (χ1v) is 6.16. The van der Waals surface area contributed by atoms with Gasteiger partial charge in [0.25, 0.3) is 0 Å². The van der Waals surface area contributed by atoms with Gasteiger partial charge in [-0.05, 0) is 24.4 Å². The average molecular weight is 228 g/mol. The molecule has 0 aliphatic heterocycles.